The van der Waals surface area contributed by atoms with Gasteiger partial charge in [-0.05, 0) is 12.1 Å². The summed E-state index contributed by atoms with van der Waals surface area (Å²) in [5.41, 5.74) is 5.51. The Kier molecular flexibility index (Phi) is 2.78. The van der Waals surface area contributed by atoms with Crippen LogP contribution in [-0.4, -0.2) is 18.2 Å². The van der Waals surface area contributed by atoms with E-state index in [1.165, 1.54) is 25.3 Å². The second-order valence-electron chi connectivity index (χ2n) is 3.24. The number of hydrogen-bond donors (Lipinski definition) is 1. The van der Waals surface area contributed by atoms with E-state index >= 15 is 0 Å². The summed E-state index contributed by atoms with van der Waals surface area (Å²) in [7, 11) is 1.19. The summed E-state index contributed by atoms with van der Waals surface area (Å²) in [4.78, 5) is 11.5. The minimum absolute atomic E-state index is 0.0348. The number of hydrogen-bond acceptors (Lipinski definition) is 5. The molecule has 0 amide bonds. The van der Waals surface area contributed by atoms with Crippen LogP contribution in [0.4, 0.5) is 10.2 Å². The van der Waals surface area contributed by atoms with E-state index in [1.807, 2.05) is 0 Å². The Hall–Kier alpha value is -2.37. The highest BCUT2D eigenvalue weighted by Gasteiger charge is 2.24. The number of methoxy groups -OCH3 is 1. The van der Waals surface area contributed by atoms with Crippen LogP contribution in [0.2, 0.25) is 0 Å². The van der Waals surface area contributed by atoms with E-state index in [0.717, 1.165) is 0 Å². The molecule has 17 heavy (non-hydrogen) atoms. The molecule has 0 aliphatic carbocycles. The molecule has 0 spiro atoms. The fourth-order valence-corrected chi connectivity index (χ4v) is 1.43. The number of aromatic nitrogens is 1. The van der Waals surface area contributed by atoms with Gasteiger partial charge in [0.2, 0.25) is 0 Å². The smallest absolute Gasteiger partial charge is 0.345 e. The average Bonchev–Trinajstić information content (AvgIpc) is 2.71. The molecule has 6 heteroatoms. The zero-order chi connectivity index (χ0) is 12.4. The quantitative estimate of drug-likeness (QED) is 0.805. The van der Waals surface area contributed by atoms with Crippen molar-refractivity contribution in [2.75, 3.05) is 12.8 Å². The number of rotatable bonds is 2. The van der Waals surface area contributed by atoms with Crippen LogP contribution in [0, 0.1) is 5.82 Å². The lowest BCUT2D eigenvalue weighted by Crippen LogP contribution is -2.05. The van der Waals surface area contributed by atoms with E-state index in [-0.39, 0.29) is 22.7 Å². The minimum Gasteiger partial charge on any atom is -0.465 e. The van der Waals surface area contributed by atoms with E-state index in [2.05, 4.69) is 9.89 Å². The first kappa shape index (κ1) is 11.1. The van der Waals surface area contributed by atoms with Crippen molar-refractivity contribution < 1.29 is 18.4 Å². The van der Waals surface area contributed by atoms with Crippen molar-refractivity contribution in [1.82, 2.24) is 5.16 Å². The van der Waals surface area contributed by atoms with E-state index in [1.54, 1.807) is 6.07 Å². The number of benzene rings is 1. The number of carbonyl (C=O) groups is 1. The molecule has 0 bridgehead atoms. The maximum atomic E-state index is 13.6. The first-order valence-corrected chi connectivity index (χ1v) is 4.73. The summed E-state index contributed by atoms with van der Waals surface area (Å²) in [5.74, 6) is -1.42. The molecular formula is C11H9FN2O3. The molecule has 0 radical (unpaired) electrons. The highest BCUT2D eigenvalue weighted by molar-refractivity contribution is 6.00. The SMILES string of the molecule is COC(=O)c1c(N)noc1-c1ccccc1F. The molecule has 1 aromatic heterocycles. The number of esters is 1. The Bertz CT molecular complexity index is 566. The number of carbonyl (C=O) groups excluding carboxylic acids is 1. The summed E-state index contributed by atoms with van der Waals surface area (Å²) in [5, 5.41) is 3.44. The third-order valence-corrected chi connectivity index (χ3v) is 2.23. The second-order valence-corrected chi connectivity index (χ2v) is 3.24. The Morgan fingerprint density at radius 2 is 2.18 bits per heavy atom. The van der Waals surface area contributed by atoms with Crippen LogP contribution in [0.25, 0.3) is 11.3 Å². The van der Waals surface area contributed by atoms with Crippen LogP contribution < -0.4 is 5.73 Å². The van der Waals surface area contributed by atoms with Crippen LogP contribution in [0.1, 0.15) is 10.4 Å². The molecule has 0 aliphatic heterocycles. The van der Waals surface area contributed by atoms with Gasteiger partial charge in [0.15, 0.2) is 17.1 Å². The van der Waals surface area contributed by atoms with E-state index < -0.39 is 11.8 Å². The Labute approximate surface area is 96.0 Å². The molecule has 5 nitrogen and oxygen atoms in total. The zero-order valence-electron chi connectivity index (χ0n) is 8.94. The van der Waals surface area contributed by atoms with Crippen LogP contribution in [0.5, 0.6) is 0 Å². The molecule has 2 rings (SSSR count). The fraction of sp³-hybridized carbons (Fsp3) is 0.0909. The van der Waals surface area contributed by atoms with Gasteiger partial charge in [-0.1, -0.05) is 17.3 Å². The summed E-state index contributed by atoms with van der Waals surface area (Å²) in [6, 6.07) is 5.84. The van der Waals surface area contributed by atoms with Gasteiger partial charge in [-0.2, -0.15) is 0 Å². The molecule has 0 fully saturated rings. The topological polar surface area (TPSA) is 78.4 Å². The van der Waals surface area contributed by atoms with E-state index in [4.69, 9.17) is 10.3 Å². The number of ether oxygens (including phenoxy) is 1. The van der Waals surface area contributed by atoms with Gasteiger partial charge in [-0.25, -0.2) is 9.18 Å². The minimum atomic E-state index is -0.720. The van der Waals surface area contributed by atoms with Crippen LogP contribution in [0.3, 0.4) is 0 Å². The molecule has 2 N–H and O–H groups in total. The molecule has 1 heterocycles. The standard InChI is InChI=1S/C11H9FN2O3/c1-16-11(15)8-9(17-14-10(8)13)6-4-2-3-5-7(6)12/h2-5H,1H3,(H2,13,14). The maximum Gasteiger partial charge on any atom is 0.345 e. The highest BCUT2D eigenvalue weighted by atomic mass is 19.1. The zero-order valence-corrected chi connectivity index (χ0v) is 8.94. The number of anilines is 1. The summed E-state index contributed by atoms with van der Waals surface area (Å²) in [6.07, 6.45) is 0. The first-order chi connectivity index (χ1) is 8.15. The molecule has 0 unspecified atom stereocenters. The number of nitrogens with two attached hydrogens (primary N) is 1. The molecule has 1 aromatic carbocycles. The van der Waals surface area contributed by atoms with Crippen molar-refractivity contribution in [1.29, 1.82) is 0 Å². The molecule has 0 aliphatic rings. The van der Waals surface area contributed by atoms with Crippen molar-refractivity contribution in [2.45, 2.75) is 0 Å². The fourth-order valence-electron chi connectivity index (χ4n) is 1.43. The predicted octanol–water partition coefficient (Wildman–Crippen LogP) is 1.85. The second kappa shape index (κ2) is 4.25. The van der Waals surface area contributed by atoms with Gasteiger partial charge in [-0.3, -0.25) is 0 Å². The van der Waals surface area contributed by atoms with Crippen LogP contribution in [0.15, 0.2) is 28.8 Å². The number of nitrogens with zero attached hydrogens (tertiary/aromatic N) is 1. The largest absolute Gasteiger partial charge is 0.465 e. The maximum absolute atomic E-state index is 13.6. The molecule has 0 saturated carbocycles. The van der Waals surface area contributed by atoms with Crippen molar-refractivity contribution in [2.24, 2.45) is 0 Å². The summed E-state index contributed by atoms with van der Waals surface area (Å²) < 4.78 is 23.0. The van der Waals surface area contributed by atoms with Crippen molar-refractivity contribution in [3.63, 3.8) is 0 Å². The highest BCUT2D eigenvalue weighted by Crippen LogP contribution is 2.30. The lowest BCUT2D eigenvalue weighted by Gasteiger charge is -2.01. The molecule has 88 valence electrons. The van der Waals surface area contributed by atoms with Crippen molar-refractivity contribution in [3.05, 3.63) is 35.6 Å². The summed E-state index contributed by atoms with van der Waals surface area (Å²) >= 11 is 0. The van der Waals surface area contributed by atoms with Gasteiger partial charge in [0.25, 0.3) is 0 Å². The Morgan fingerprint density at radius 1 is 1.47 bits per heavy atom. The van der Waals surface area contributed by atoms with Gasteiger partial charge < -0.3 is 15.0 Å². The third-order valence-electron chi connectivity index (χ3n) is 2.23. The monoisotopic (exact) mass is 236 g/mol. The number of halogens is 1. The predicted molar refractivity (Wildman–Crippen MR) is 57.6 cm³/mol. The first-order valence-electron chi connectivity index (χ1n) is 4.73. The van der Waals surface area contributed by atoms with Gasteiger partial charge in [0.1, 0.15) is 5.82 Å². The molecule has 2 aromatic rings. The van der Waals surface area contributed by atoms with Gasteiger partial charge in [0, 0.05) is 0 Å². The van der Waals surface area contributed by atoms with Crippen LogP contribution in [-0.2, 0) is 4.74 Å². The average molecular weight is 236 g/mol. The van der Waals surface area contributed by atoms with E-state index in [9.17, 15) is 9.18 Å². The normalized spacial score (nSPS) is 10.2. The third kappa shape index (κ3) is 1.84. The van der Waals surface area contributed by atoms with Gasteiger partial charge in [0.05, 0.1) is 12.7 Å². The molecule has 0 atom stereocenters. The van der Waals surface area contributed by atoms with E-state index in [0.29, 0.717) is 0 Å². The molecule has 0 saturated heterocycles. The van der Waals surface area contributed by atoms with Gasteiger partial charge >= 0.3 is 5.97 Å². The Morgan fingerprint density at radius 3 is 2.82 bits per heavy atom. The lowest BCUT2D eigenvalue weighted by atomic mass is 10.1. The number of nitrogen functional groups attached to an aromatic ring is 1. The van der Waals surface area contributed by atoms with Crippen LogP contribution >= 0.6 is 0 Å². The Balaban J connectivity index is 2.61. The summed E-state index contributed by atoms with van der Waals surface area (Å²) in [6.45, 7) is 0. The van der Waals surface area contributed by atoms with Crippen molar-refractivity contribution in [3.8, 4) is 11.3 Å². The molecular weight excluding hydrogens is 227 g/mol. The van der Waals surface area contributed by atoms with Gasteiger partial charge in [-0.15, -0.1) is 0 Å². The lowest BCUT2D eigenvalue weighted by molar-refractivity contribution is 0.0602. The van der Waals surface area contributed by atoms with Crippen molar-refractivity contribution >= 4 is 11.8 Å².